The fourth-order valence-corrected chi connectivity index (χ4v) is 7.22. The molecule has 0 aliphatic carbocycles. The predicted molar refractivity (Wildman–Crippen MR) is 182 cm³/mol. The molecule has 2 aromatic heterocycles. The number of hydrogen-bond donors (Lipinski definition) is 5. The van der Waals surface area contributed by atoms with Crippen molar-refractivity contribution in [3.8, 4) is 0 Å². The summed E-state index contributed by atoms with van der Waals surface area (Å²) in [6.45, 7) is 6.12. The minimum Gasteiger partial charge on any atom is -0.391 e. The zero-order chi connectivity index (χ0) is 32.6. The van der Waals surface area contributed by atoms with E-state index in [4.69, 9.17) is 13.8 Å². The van der Waals surface area contributed by atoms with Gasteiger partial charge in [0.1, 0.15) is 5.52 Å². The summed E-state index contributed by atoms with van der Waals surface area (Å²) in [4.78, 5) is 31.1. The molecule has 0 amide bonds. The van der Waals surface area contributed by atoms with Gasteiger partial charge in [0.15, 0.2) is 0 Å². The van der Waals surface area contributed by atoms with E-state index in [-0.39, 0.29) is 38.0 Å². The van der Waals surface area contributed by atoms with Gasteiger partial charge in [0.25, 0.3) is 5.56 Å². The highest BCUT2D eigenvalue weighted by atomic mass is 31.2. The number of fused-ring (bicyclic) bond motifs is 1. The number of aliphatic hydroxyl groups excluding tert-OH is 1. The van der Waals surface area contributed by atoms with Crippen LogP contribution in [-0.2, 0) is 24.9 Å². The highest BCUT2D eigenvalue weighted by Crippen LogP contribution is 2.48. The molecule has 12 heteroatoms. The van der Waals surface area contributed by atoms with Gasteiger partial charge in [-0.2, -0.15) is 0 Å². The van der Waals surface area contributed by atoms with Crippen molar-refractivity contribution in [2.24, 2.45) is 0 Å². The number of ether oxygens (including phenoxy) is 1. The molecule has 2 rings (SSSR count). The fraction of sp³-hybridized carbons (Fsp3) is 0.818. The van der Waals surface area contributed by atoms with Gasteiger partial charge in [-0.25, -0.2) is 4.79 Å². The van der Waals surface area contributed by atoms with Crippen LogP contribution in [0.1, 0.15) is 129 Å². The Bertz CT molecular complexity index is 1180. The Morgan fingerprint density at radius 1 is 0.756 bits per heavy atom. The van der Waals surface area contributed by atoms with Gasteiger partial charge < -0.3 is 34.2 Å². The van der Waals surface area contributed by atoms with E-state index in [2.05, 4.69) is 27.2 Å². The molecule has 0 saturated heterocycles. The van der Waals surface area contributed by atoms with Crippen LogP contribution in [0, 0.1) is 0 Å². The lowest BCUT2D eigenvalue weighted by Crippen LogP contribution is -2.30. The summed E-state index contributed by atoms with van der Waals surface area (Å²) < 4.78 is 29.8. The Hall–Kier alpha value is -1.75. The minimum absolute atomic E-state index is 0.128. The molecule has 45 heavy (non-hydrogen) atoms. The molecule has 0 spiro atoms. The number of unbranched alkanes of at least 4 members (excludes halogenated alkanes) is 15. The average Bonchev–Trinajstić information content (AvgIpc) is 3.41. The molecule has 0 bridgehead atoms. The number of rotatable bonds is 30. The van der Waals surface area contributed by atoms with Crippen molar-refractivity contribution in [2.75, 3.05) is 39.1 Å². The summed E-state index contributed by atoms with van der Waals surface area (Å²) in [5.74, 6) is 0. The van der Waals surface area contributed by atoms with Gasteiger partial charge in [-0.05, 0) is 19.8 Å². The van der Waals surface area contributed by atoms with Gasteiger partial charge in [0, 0.05) is 38.1 Å². The van der Waals surface area contributed by atoms with Crippen molar-refractivity contribution >= 4 is 18.6 Å². The van der Waals surface area contributed by atoms with Gasteiger partial charge in [-0.3, -0.25) is 14.3 Å². The lowest BCUT2D eigenvalue weighted by atomic mass is 10.0. The summed E-state index contributed by atoms with van der Waals surface area (Å²) in [7, 11) is -3.47. The van der Waals surface area contributed by atoms with E-state index in [0.29, 0.717) is 24.1 Å². The summed E-state index contributed by atoms with van der Waals surface area (Å²) >= 11 is 0. The zero-order valence-corrected chi connectivity index (χ0v) is 28.9. The highest BCUT2D eigenvalue weighted by Gasteiger charge is 2.28. The molecule has 0 aliphatic rings. The summed E-state index contributed by atoms with van der Waals surface area (Å²) in [5.41, 5.74) is 0.264. The van der Waals surface area contributed by atoms with E-state index < -0.39 is 24.9 Å². The molecule has 0 saturated carbocycles. The van der Waals surface area contributed by atoms with Crippen LogP contribution in [0.5, 0.6) is 0 Å². The standard InChI is InChI=1S/C33H61N4O7P/c1-3-5-6-7-8-9-10-11-12-13-14-15-16-17-18-19-21-42-22-20-23-44-45(41,43-4-2)27-29(38)26-34-24-28-25-35-31-30(28)36-33(40)37-32(31)39/h25,29,34-35,38H,3-24,26-27H2,1-2H3,(H2,36,37,39,40)/t29-,45?/m0/s1. The lowest BCUT2D eigenvalue weighted by molar-refractivity contribution is 0.109. The predicted octanol–water partition coefficient (Wildman–Crippen LogP) is 6.91. The third-order valence-corrected chi connectivity index (χ3v) is 10.1. The maximum Gasteiger partial charge on any atom is 0.333 e. The molecule has 0 aliphatic heterocycles. The van der Waals surface area contributed by atoms with E-state index in [9.17, 15) is 19.3 Å². The number of aromatic nitrogens is 3. The van der Waals surface area contributed by atoms with Gasteiger partial charge in [0.2, 0.25) is 0 Å². The van der Waals surface area contributed by atoms with Crippen molar-refractivity contribution in [3.05, 3.63) is 32.6 Å². The number of H-pyrrole nitrogens is 3. The Labute approximate surface area is 269 Å². The second kappa shape index (κ2) is 24.4. The first kappa shape index (κ1) is 39.4. The quantitative estimate of drug-likeness (QED) is 0.0448. The lowest BCUT2D eigenvalue weighted by Gasteiger charge is -2.21. The third kappa shape index (κ3) is 17.7. The van der Waals surface area contributed by atoms with Crippen LogP contribution in [0.2, 0.25) is 0 Å². The van der Waals surface area contributed by atoms with Crippen molar-refractivity contribution in [1.82, 2.24) is 20.3 Å². The van der Waals surface area contributed by atoms with E-state index in [1.165, 1.54) is 96.3 Å². The number of nitrogens with one attached hydrogen (secondary N) is 4. The highest BCUT2D eigenvalue weighted by molar-refractivity contribution is 7.53. The molecule has 0 aromatic carbocycles. The molecule has 2 aromatic rings. The molecule has 2 heterocycles. The van der Waals surface area contributed by atoms with Gasteiger partial charge >= 0.3 is 13.3 Å². The molecular formula is C33H61N4O7P. The fourth-order valence-electron chi connectivity index (χ4n) is 5.49. The Kier molecular flexibility index (Phi) is 21.4. The molecule has 260 valence electrons. The molecule has 11 nitrogen and oxygen atoms in total. The maximum absolute atomic E-state index is 13.1. The number of aliphatic hydroxyl groups is 1. The minimum atomic E-state index is -3.47. The summed E-state index contributed by atoms with van der Waals surface area (Å²) in [5, 5.41) is 13.5. The topological polar surface area (TPSA) is 159 Å². The van der Waals surface area contributed by atoms with Crippen molar-refractivity contribution < 1.29 is 23.5 Å². The monoisotopic (exact) mass is 656 g/mol. The normalized spacial score (nSPS) is 13.8. The zero-order valence-electron chi connectivity index (χ0n) is 28.0. The molecule has 0 radical (unpaired) electrons. The molecule has 0 fully saturated rings. The van der Waals surface area contributed by atoms with Crippen molar-refractivity contribution in [3.63, 3.8) is 0 Å². The van der Waals surface area contributed by atoms with Gasteiger partial charge in [-0.15, -0.1) is 0 Å². The van der Waals surface area contributed by atoms with Gasteiger partial charge in [0.05, 0.1) is 31.0 Å². The van der Waals surface area contributed by atoms with Crippen LogP contribution in [0.4, 0.5) is 0 Å². The van der Waals surface area contributed by atoms with Crippen LogP contribution in [0.25, 0.3) is 11.0 Å². The van der Waals surface area contributed by atoms with E-state index in [0.717, 1.165) is 13.0 Å². The third-order valence-electron chi connectivity index (χ3n) is 7.97. The SMILES string of the molecule is CCCCCCCCCCCCCCCCCCOCCCOP(=O)(C[C@@H](O)CNCc1c[nH]c2c(=O)[nH]c(=O)[nH]c12)OCC. The van der Waals surface area contributed by atoms with Crippen molar-refractivity contribution in [1.29, 1.82) is 0 Å². The number of aromatic amines is 3. The molecular weight excluding hydrogens is 595 g/mol. The maximum atomic E-state index is 13.1. The molecule has 1 unspecified atom stereocenters. The Morgan fingerprint density at radius 3 is 1.93 bits per heavy atom. The summed E-state index contributed by atoms with van der Waals surface area (Å²) in [6, 6.07) is 0. The summed E-state index contributed by atoms with van der Waals surface area (Å²) in [6.07, 6.45) is 22.6. The largest absolute Gasteiger partial charge is 0.391 e. The van der Waals surface area contributed by atoms with Crippen LogP contribution in [-0.4, -0.2) is 65.3 Å². The molecule has 5 N–H and O–H groups in total. The molecule has 2 atom stereocenters. The second-order valence-corrected chi connectivity index (χ2v) is 14.2. The van der Waals surface area contributed by atoms with Crippen LogP contribution >= 0.6 is 7.60 Å². The van der Waals surface area contributed by atoms with Gasteiger partial charge in [-0.1, -0.05) is 103 Å². The smallest absolute Gasteiger partial charge is 0.333 e. The Balaban J connectivity index is 1.44. The van der Waals surface area contributed by atoms with Crippen LogP contribution in [0.3, 0.4) is 0 Å². The first-order chi connectivity index (χ1) is 21.9. The number of hydrogen-bond acceptors (Lipinski definition) is 8. The first-order valence-electron chi connectivity index (χ1n) is 17.6. The van der Waals surface area contributed by atoms with Crippen molar-refractivity contribution in [2.45, 2.75) is 136 Å². The second-order valence-electron chi connectivity index (χ2n) is 12.1. The van der Waals surface area contributed by atoms with E-state index >= 15 is 0 Å². The van der Waals surface area contributed by atoms with Crippen LogP contribution in [0.15, 0.2) is 15.8 Å². The average molecular weight is 657 g/mol. The van der Waals surface area contributed by atoms with E-state index in [1.807, 2.05) is 0 Å². The first-order valence-corrected chi connectivity index (χ1v) is 19.3. The van der Waals surface area contributed by atoms with Crippen LogP contribution < -0.4 is 16.6 Å². The van der Waals surface area contributed by atoms with E-state index in [1.54, 1.807) is 13.1 Å². The Morgan fingerprint density at radius 2 is 1.33 bits per heavy atom.